The van der Waals surface area contributed by atoms with Crippen molar-refractivity contribution in [2.24, 2.45) is 40.4 Å². The molecule has 5 nitrogen and oxygen atoms in total. The fraction of sp³-hybridized carbons (Fsp3) is 0.739. The summed E-state index contributed by atoms with van der Waals surface area (Å²) in [6.45, 7) is 7.38. The molecule has 4 aliphatic carbocycles. The van der Waals surface area contributed by atoms with Crippen LogP contribution in [0.4, 0.5) is 0 Å². The predicted octanol–water partition coefficient (Wildman–Crippen LogP) is 2.05. The Labute approximate surface area is 166 Å². The number of fused-ring (bicyclic) bond motifs is 5. The van der Waals surface area contributed by atoms with Crippen molar-refractivity contribution in [3.8, 4) is 0 Å². The first-order valence-electron chi connectivity index (χ1n) is 10.5. The van der Waals surface area contributed by atoms with Gasteiger partial charge in [-0.25, -0.2) is 0 Å². The van der Waals surface area contributed by atoms with Crippen molar-refractivity contribution < 1.29 is 24.9 Å². The average molecular weight is 389 g/mol. The summed E-state index contributed by atoms with van der Waals surface area (Å²) in [6.07, 6.45) is 6.50. The second-order valence-electron chi connectivity index (χ2n) is 10.2. The van der Waals surface area contributed by atoms with Gasteiger partial charge in [0.05, 0.1) is 6.10 Å². The van der Waals surface area contributed by atoms with Crippen LogP contribution in [-0.4, -0.2) is 45.2 Å². The summed E-state index contributed by atoms with van der Waals surface area (Å²) in [5, 5.41) is 32.3. The second kappa shape index (κ2) is 6.10. The third kappa shape index (κ3) is 2.24. The number of carbonyl (C=O) groups excluding carboxylic acids is 2. The van der Waals surface area contributed by atoms with Crippen molar-refractivity contribution in [1.82, 2.24) is 0 Å². The molecule has 0 unspecified atom stereocenters. The minimum atomic E-state index is -1.61. The van der Waals surface area contributed by atoms with Crippen LogP contribution >= 0.6 is 0 Å². The zero-order valence-corrected chi connectivity index (χ0v) is 17.2. The summed E-state index contributed by atoms with van der Waals surface area (Å²) in [5.41, 5.74) is -1.67. The van der Waals surface area contributed by atoms with Crippen LogP contribution < -0.4 is 0 Å². The highest BCUT2D eigenvalue weighted by atomic mass is 16.3. The van der Waals surface area contributed by atoms with E-state index in [0.717, 1.165) is 12.0 Å². The first-order valence-corrected chi connectivity index (χ1v) is 10.5. The van der Waals surface area contributed by atoms with Gasteiger partial charge in [0.2, 0.25) is 0 Å². The molecule has 154 valence electrons. The van der Waals surface area contributed by atoms with Gasteiger partial charge in [-0.15, -0.1) is 0 Å². The number of Topliss-reactive ketones (excluding diaryl/α,β-unsaturated/α-hetero) is 1. The fourth-order valence-electron chi connectivity index (χ4n) is 7.80. The topological polar surface area (TPSA) is 94.8 Å². The van der Waals surface area contributed by atoms with Gasteiger partial charge >= 0.3 is 0 Å². The van der Waals surface area contributed by atoms with E-state index in [1.54, 1.807) is 12.2 Å². The lowest BCUT2D eigenvalue weighted by Crippen LogP contribution is -2.63. The first kappa shape index (κ1) is 20.0. The Balaban J connectivity index is 1.81. The molecule has 4 rings (SSSR count). The van der Waals surface area contributed by atoms with Gasteiger partial charge in [-0.1, -0.05) is 39.3 Å². The third-order valence-corrected chi connectivity index (χ3v) is 8.97. The maximum Gasteiger partial charge on any atom is 0.190 e. The summed E-state index contributed by atoms with van der Waals surface area (Å²) in [7, 11) is 0. The molecule has 0 bridgehead atoms. The summed E-state index contributed by atoms with van der Waals surface area (Å²) >= 11 is 0. The van der Waals surface area contributed by atoms with E-state index in [1.807, 2.05) is 19.9 Å². The summed E-state index contributed by atoms with van der Waals surface area (Å²) in [5.74, 6) is -0.408. The molecule has 0 aliphatic heterocycles. The van der Waals surface area contributed by atoms with Crippen LogP contribution in [0.1, 0.15) is 47.0 Å². The highest BCUT2D eigenvalue weighted by Crippen LogP contribution is 2.68. The Bertz CT molecular complexity index is 784. The van der Waals surface area contributed by atoms with Crippen molar-refractivity contribution in [3.63, 3.8) is 0 Å². The molecule has 3 fully saturated rings. The van der Waals surface area contributed by atoms with E-state index in [2.05, 4.69) is 13.8 Å². The van der Waals surface area contributed by atoms with Gasteiger partial charge in [-0.05, 0) is 55.1 Å². The van der Waals surface area contributed by atoms with Crippen LogP contribution in [0.25, 0.3) is 0 Å². The Hall–Kier alpha value is -1.30. The summed E-state index contributed by atoms with van der Waals surface area (Å²) in [4.78, 5) is 24.6. The molecule has 0 aromatic heterocycles. The van der Waals surface area contributed by atoms with E-state index >= 15 is 0 Å². The number of aliphatic hydroxyl groups is 3. The van der Waals surface area contributed by atoms with Crippen molar-refractivity contribution in [2.75, 3.05) is 6.61 Å². The van der Waals surface area contributed by atoms with Crippen molar-refractivity contribution in [2.45, 2.75) is 58.7 Å². The van der Waals surface area contributed by atoms with Gasteiger partial charge < -0.3 is 15.3 Å². The number of aliphatic hydroxyl groups excluding tert-OH is 2. The molecule has 4 aliphatic rings. The van der Waals surface area contributed by atoms with Gasteiger partial charge in [0.25, 0.3) is 0 Å². The molecule has 0 spiro atoms. The summed E-state index contributed by atoms with van der Waals surface area (Å²) in [6, 6.07) is 0. The lowest BCUT2D eigenvalue weighted by molar-refractivity contribution is -0.185. The number of carbonyl (C=O) groups is 2. The Kier molecular flexibility index (Phi) is 4.36. The molecule has 28 heavy (non-hydrogen) atoms. The van der Waals surface area contributed by atoms with E-state index in [1.165, 1.54) is 0 Å². The predicted molar refractivity (Wildman–Crippen MR) is 104 cm³/mol. The molecule has 0 aromatic rings. The smallest absolute Gasteiger partial charge is 0.190 e. The second-order valence-corrected chi connectivity index (χ2v) is 10.2. The van der Waals surface area contributed by atoms with Gasteiger partial charge in [0.15, 0.2) is 11.6 Å². The number of hydrogen-bond donors (Lipinski definition) is 3. The lowest BCUT2D eigenvalue weighted by Gasteiger charge is -2.60. The Morgan fingerprint density at radius 2 is 1.93 bits per heavy atom. The molecule has 0 radical (unpaired) electrons. The van der Waals surface area contributed by atoms with Crippen LogP contribution in [0.3, 0.4) is 0 Å². The third-order valence-electron chi connectivity index (χ3n) is 8.97. The molecular formula is C23H32O5. The largest absolute Gasteiger partial charge is 0.393 e. The molecule has 3 saturated carbocycles. The van der Waals surface area contributed by atoms with E-state index in [9.17, 15) is 24.9 Å². The van der Waals surface area contributed by atoms with Gasteiger partial charge in [0.1, 0.15) is 12.2 Å². The molecular weight excluding hydrogens is 356 g/mol. The highest BCUT2D eigenvalue weighted by Gasteiger charge is 2.70. The average Bonchev–Trinajstić information content (AvgIpc) is 2.83. The van der Waals surface area contributed by atoms with E-state index in [0.29, 0.717) is 12.8 Å². The lowest BCUT2D eigenvalue weighted by atomic mass is 9.44. The number of rotatable bonds is 2. The zero-order valence-electron chi connectivity index (χ0n) is 17.2. The Morgan fingerprint density at radius 3 is 2.57 bits per heavy atom. The number of hydrogen-bond acceptors (Lipinski definition) is 5. The van der Waals surface area contributed by atoms with Crippen molar-refractivity contribution in [1.29, 1.82) is 0 Å². The molecule has 0 aromatic carbocycles. The normalized spacial score (nSPS) is 52.5. The van der Waals surface area contributed by atoms with Gasteiger partial charge in [-0.3, -0.25) is 9.59 Å². The SMILES string of the molecule is C[C@H]1C[C@@H]2[C@H]([C@@H](O)C[C@@]3(C)[C@H]2C[C@H](C)[C@]3(O)C(=O)CO)[C@@]2(C)C=CC(=O)C=C12. The zero-order chi connectivity index (χ0) is 20.6. The number of ketones is 2. The standard InChI is InChI=1S/C23H32O5/c1-12-7-15-17-8-13(2)23(28,19(27)11-24)22(17,4)10-18(26)20(15)21(3)6-5-14(25)9-16(12)21/h5-6,9,12-13,15,17-18,20,24,26,28H,7-8,10-11H2,1-4H3/t12-,13-,15-,17-,18-,20+,21-,22-,23-/m0/s1. The van der Waals surface area contributed by atoms with Crippen LogP contribution in [0.15, 0.2) is 23.8 Å². The van der Waals surface area contributed by atoms with E-state index in [-0.39, 0.29) is 40.8 Å². The monoisotopic (exact) mass is 388 g/mol. The molecule has 5 heteroatoms. The van der Waals surface area contributed by atoms with Crippen molar-refractivity contribution in [3.05, 3.63) is 23.8 Å². The molecule has 0 saturated heterocycles. The molecule has 0 heterocycles. The van der Waals surface area contributed by atoms with Crippen LogP contribution in [0.2, 0.25) is 0 Å². The van der Waals surface area contributed by atoms with Gasteiger partial charge in [-0.2, -0.15) is 0 Å². The van der Waals surface area contributed by atoms with E-state index in [4.69, 9.17) is 0 Å². The minimum absolute atomic E-state index is 0.00492. The summed E-state index contributed by atoms with van der Waals surface area (Å²) < 4.78 is 0. The number of allylic oxidation sites excluding steroid dienone is 4. The Morgan fingerprint density at radius 1 is 1.25 bits per heavy atom. The maximum absolute atomic E-state index is 12.6. The quantitative estimate of drug-likeness (QED) is 0.673. The highest BCUT2D eigenvalue weighted by molar-refractivity contribution is 6.01. The van der Waals surface area contributed by atoms with Crippen molar-refractivity contribution >= 4 is 11.6 Å². The first-order chi connectivity index (χ1) is 13.0. The van der Waals surface area contributed by atoms with Crippen LogP contribution in [0.5, 0.6) is 0 Å². The molecule has 9 atom stereocenters. The van der Waals surface area contributed by atoms with Gasteiger partial charge in [0, 0.05) is 16.7 Å². The van der Waals surface area contributed by atoms with E-state index < -0.39 is 29.5 Å². The maximum atomic E-state index is 12.6. The molecule has 0 amide bonds. The fourth-order valence-corrected chi connectivity index (χ4v) is 7.80. The minimum Gasteiger partial charge on any atom is -0.393 e. The van der Waals surface area contributed by atoms with Crippen LogP contribution in [-0.2, 0) is 9.59 Å². The van der Waals surface area contributed by atoms with Crippen LogP contribution in [0, 0.1) is 40.4 Å². The molecule has 3 N–H and O–H groups in total.